The van der Waals surface area contributed by atoms with Gasteiger partial charge in [0.25, 0.3) is 0 Å². The molecule has 1 heterocycles. The minimum Gasteiger partial charge on any atom is -0.478 e. The van der Waals surface area contributed by atoms with Crippen LogP contribution in [0.25, 0.3) is 0 Å². The summed E-state index contributed by atoms with van der Waals surface area (Å²) in [5, 5.41) is 9.13. The van der Waals surface area contributed by atoms with Crippen molar-refractivity contribution < 1.29 is 66.0 Å². The zero-order valence-electron chi connectivity index (χ0n) is 11.7. The van der Waals surface area contributed by atoms with Gasteiger partial charge in [-0.2, -0.15) is 6.92 Å². The van der Waals surface area contributed by atoms with E-state index in [4.69, 9.17) is 9.84 Å². The Balaban J connectivity index is 0.000000639. The molecule has 4 heteroatoms. The first-order valence-corrected chi connectivity index (χ1v) is 6.07. The second kappa shape index (κ2) is 7.95. The average Bonchev–Trinajstić information content (AvgIpc) is 2.46. The molecule has 1 N–H and O–H groups in total. The van der Waals surface area contributed by atoms with Crippen LogP contribution in [0, 0.1) is 6.92 Å². The van der Waals surface area contributed by atoms with Gasteiger partial charge in [-0.05, 0) is 23.8 Å². The Hall–Kier alpha value is -0.654. The van der Waals surface area contributed by atoms with Crippen molar-refractivity contribution in [3.05, 3.63) is 66.1 Å². The summed E-state index contributed by atoms with van der Waals surface area (Å²) in [6.45, 7) is 5.00. The first-order chi connectivity index (χ1) is 9.25. The summed E-state index contributed by atoms with van der Waals surface area (Å²) in [5.74, 6) is 0.538. The van der Waals surface area contributed by atoms with E-state index < -0.39 is 5.97 Å². The standard InChI is InChI=1S/C14H10O3.C2H5.K/c15-14(16)10-5-3-7-13-11(10)8-9-4-1-2-6-12(9)17-13;1-2;/h1-7H,8H2,(H,15,16);1H2,2H3;/q;-1;+1. The molecule has 3 rings (SSSR count). The van der Waals surface area contributed by atoms with E-state index in [2.05, 4.69) is 6.92 Å². The van der Waals surface area contributed by atoms with E-state index in [-0.39, 0.29) is 51.4 Å². The van der Waals surface area contributed by atoms with Gasteiger partial charge in [-0.25, -0.2) is 4.79 Å². The Morgan fingerprint density at radius 3 is 2.45 bits per heavy atom. The SMILES string of the molecule is O=C(O)c1cccc2c1Cc1ccccc1O2.[CH2-]C.[K+]. The van der Waals surface area contributed by atoms with Gasteiger partial charge in [0.2, 0.25) is 0 Å². The molecule has 0 radical (unpaired) electrons. The van der Waals surface area contributed by atoms with Crippen LogP contribution in [0.15, 0.2) is 42.5 Å². The summed E-state index contributed by atoms with van der Waals surface area (Å²) >= 11 is 0. The van der Waals surface area contributed by atoms with Gasteiger partial charge in [0.1, 0.15) is 11.5 Å². The van der Waals surface area contributed by atoms with E-state index in [0.29, 0.717) is 17.7 Å². The van der Waals surface area contributed by atoms with Gasteiger partial charge in [-0.1, -0.05) is 24.3 Å². The molecule has 98 valence electrons. The summed E-state index contributed by atoms with van der Waals surface area (Å²) in [5.41, 5.74) is 2.09. The zero-order chi connectivity index (χ0) is 13.8. The van der Waals surface area contributed by atoms with E-state index in [1.165, 1.54) is 0 Å². The van der Waals surface area contributed by atoms with Crippen molar-refractivity contribution in [2.75, 3.05) is 0 Å². The molecule has 0 atom stereocenters. The third-order valence-corrected chi connectivity index (χ3v) is 2.92. The van der Waals surface area contributed by atoms with Crippen LogP contribution in [0.4, 0.5) is 0 Å². The third kappa shape index (κ3) is 3.51. The molecule has 0 saturated heterocycles. The normalized spacial score (nSPS) is 10.7. The smallest absolute Gasteiger partial charge is 0.478 e. The van der Waals surface area contributed by atoms with E-state index in [1.54, 1.807) is 25.1 Å². The van der Waals surface area contributed by atoms with E-state index in [9.17, 15) is 4.79 Å². The number of carboxylic acids is 1. The maximum atomic E-state index is 11.1. The molecule has 0 aliphatic carbocycles. The largest absolute Gasteiger partial charge is 1.00 e. The monoisotopic (exact) mass is 294 g/mol. The van der Waals surface area contributed by atoms with Crippen molar-refractivity contribution >= 4 is 5.97 Å². The molecule has 0 amide bonds. The van der Waals surface area contributed by atoms with Gasteiger partial charge in [-0.3, -0.25) is 0 Å². The second-order valence-corrected chi connectivity index (χ2v) is 3.97. The molecule has 0 aromatic heterocycles. The molecule has 2 aromatic carbocycles. The molecular formula is C16H15KO3. The Labute approximate surface area is 161 Å². The summed E-state index contributed by atoms with van der Waals surface area (Å²) in [4.78, 5) is 11.1. The van der Waals surface area contributed by atoms with Crippen LogP contribution in [0.3, 0.4) is 0 Å². The quantitative estimate of drug-likeness (QED) is 0.536. The summed E-state index contributed by atoms with van der Waals surface area (Å²) < 4.78 is 5.70. The predicted octanol–water partition coefficient (Wildman–Crippen LogP) is 0.926. The predicted molar refractivity (Wildman–Crippen MR) is 73.8 cm³/mol. The van der Waals surface area contributed by atoms with Gasteiger partial charge in [0.05, 0.1) is 5.56 Å². The first kappa shape index (κ1) is 17.4. The molecule has 0 bridgehead atoms. The topological polar surface area (TPSA) is 46.5 Å². The number of aromatic carboxylic acids is 1. The number of fused-ring (bicyclic) bond motifs is 2. The number of benzene rings is 2. The van der Waals surface area contributed by atoms with Gasteiger partial charge < -0.3 is 16.8 Å². The maximum Gasteiger partial charge on any atom is 1.00 e. The van der Waals surface area contributed by atoms with Crippen molar-refractivity contribution in [1.29, 1.82) is 0 Å². The summed E-state index contributed by atoms with van der Waals surface area (Å²) in [7, 11) is 0. The van der Waals surface area contributed by atoms with Crippen LogP contribution in [0.2, 0.25) is 0 Å². The Morgan fingerprint density at radius 1 is 1.10 bits per heavy atom. The molecule has 2 aromatic rings. The fraction of sp³-hybridized carbons (Fsp3) is 0.125. The molecule has 0 fully saturated rings. The number of rotatable bonds is 1. The Morgan fingerprint density at radius 2 is 1.75 bits per heavy atom. The summed E-state index contributed by atoms with van der Waals surface area (Å²) in [6, 6.07) is 12.8. The van der Waals surface area contributed by atoms with Crippen molar-refractivity contribution in [2.45, 2.75) is 13.3 Å². The molecule has 0 unspecified atom stereocenters. The van der Waals surface area contributed by atoms with Crippen LogP contribution in [0.5, 0.6) is 11.5 Å². The van der Waals surface area contributed by atoms with Crippen molar-refractivity contribution in [2.24, 2.45) is 0 Å². The zero-order valence-corrected chi connectivity index (χ0v) is 14.8. The van der Waals surface area contributed by atoms with Crippen LogP contribution in [-0.2, 0) is 6.42 Å². The Bertz CT molecular complexity index is 608. The van der Waals surface area contributed by atoms with Crippen LogP contribution >= 0.6 is 0 Å². The molecule has 0 saturated carbocycles. The van der Waals surface area contributed by atoms with E-state index in [1.807, 2.05) is 24.3 Å². The van der Waals surface area contributed by atoms with Crippen LogP contribution < -0.4 is 56.1 Å². The minimum atomic E-state index is -0.912. The minimum absolute atomic E-state index is 0. The average molecular weight is 294 g/mol. The molecule has 3 nitrogen and oxygen atoms in total. The van der Waals surface area contributed by atoms with Crippen molar-refractivity contribution in [3.8, 4) is 11.5 Å². The molecular weight excluding hydrogens is 279 g/mol. The van der Waals surface area contributed by atoms with Gasteiger partial charge in [-0.15, -0.1) is 0 Å². The van der Waals surface area contributed by atoms with E-state index in [0.717, 1.165) is 16.9 Å². The van der Waals surface area contributed by atoms with Crippen LogP contribution in [-0.4, -0.2) is 11.1 Å². The maximum absolute atomic E-state index is 11.1. The summed E-state index contributed by atoms with van der Waals surface area (Å²) in [6.07, 6.45) is 0.605. The molecule has 20 heavy (non-hydrogen) atoms. The number of para-hydroxylation sites is 1. The van der Waals surface area contributed by atoms with Crippen molar-refractivity contribution in [1.82, 2.24) is 0 Å². The van der Waals surface area contributed by atoms with Gasteiger partial charge in [0, 0.05) is 12.0 Å². The number of carbonyl (C=O) groups is 1. The first-order valence-electron chi connectivity index (χ1n) is 6.07. The molecule has 0 spiro atoms. The molecule has 1 aliphatic heterocycles. The number of ether oxygens (including phenoxy) is 1. The van der Waals surface area contributed by atoms with E-state index >= 15 is 0 Å². The number of hydrogen-bond acceptors (Lipinski definition) is 2. The second-order valence-electron chi connectivity index (χ2n) is 3.97. The number of carboxylic acid groups (broad SMARTS) is 1. The Kier molecular flexibility index (Phi) is 6.92. The molecule has 1 aliphatic rings. The van der Waals surface area contributed by atoms with Gasteiger partial charge in [0.15, 0.2) is 0 Å². The van der Waals surface area contributed by atoms with Gasteiger partial charge >= 0.3 is 57.4 Å². The number of hydrogen-bond donors (Lipinski definition) is 1. The van der Waals surface area contributed by atoms with Crippen LogP contribution in [0.1, 0.15) is 28.4 Å². The fourth-order valence-corrected chi connectivity index (χ4v) is 2.10. The fourth-order valence-electron chi connectivity index (χ4n) is 2.10. The van der Waals surface area contributed by atoms with Crippen molar-refractivity contribution in [3.63, 3.8) is 0 Å². The third-order valence-electron chi connectivity index (χ3n) is 2.92.